The summed E-state index contributed by atoms with van der Waals surface area (Å²) in [7, 11) is 0. The van der Waals surface area contributed by atoms with Gasteiger partial charge >= 0.3 is 5.97 Å². The summed E-state index contributed by atoms with van der Waals surface area (Å²) < 4.78 is 41.7. The molecule has 0 saturated heterocycles. The summed E-state index contributed by atoms with van der Waals surface area (Å²) in [5, 5.41) is 30.3. The first-order valence-electron chi connectivity index (χ1n) is 14.3. The molecule has 6 rings (SSSR count). The molecule has 6 atom stereocenters. The van der Waals surface area contributed by atoms with Gasteiger partial charge in [0.15, 0.2) is 0 Å². The molecule has 3 aliphatic rings. The van der Waals surface area contributed by atoms with E-state index in [1.807, 2.05) is 13.8 Å². The van der Waals surface area contributed by atoms with Gasteiger partial charge in [0, 0.05) is 35.4 Å². The highest BCUT2D eigenvalue weighted by Crippen LogP contribution is 2.61. The van der Waals surface area contributed by atoms with Crippen molar-refractivity contribution in [3.05, 3.63) is 76.0 Å². The zero-order chi connectivity index (χ0) is 30.1. The molecule has 2 aromatic carbocycles. The van der Waals surface area contributed by atoms with Crippen LogP contribution in [0.3, 0.4) is 0 Å². The van der Waals surface area contributed by atoms with E-state index in [-0.39, 0.29) is 41.4 Å². The Morgan fingerprint density at radius 1 is 1.00 bits per heavy atom. The maximum absolute atomic E-state index is 15.1. The number of carboxylic acids is 1. The fraction of sp³-hybridized carbons (Fsp3) is 0.455. The SMILES string of the molecule is Cc1cc(OC[C@@H]2C[C@](C)(O)[C@](C)(O)C2)cc(C)c1-c1cc(COc2cc3c(cn2)[C@H]2[C@@H](C3)[C@@H]2C(=O)O)c(F)cc1F. The molecule has 1 aromatic heterocycles. The second-order valence-corrected chi connectivity index (χ2v) is 12.8. The molecule has 0 amide bonds. The van der Waals surface area contributed by atoms with Gasteiger partial charge in [0.2, 0.25) is 5.88 Å². The zero-order valence-corrected chi connectivity index (χ0v) is 24.1. The van der Waals surface area contributed by atoms with Gasteiger partial charge in [0.1, 0.15) is 24.0 Å². The normalized spacial score (nSPS) is 29.2. The van der Waals surface area contributed by atoms with Crippen molar-refractivity contribution < 1.29 is 38.4 Å². The summed E-state index contributed by atoms with van der Waals surface area (Å²) in [6.45, 7) is 7.13. The van der Waals surface area contributed by atoms with E-state index >= 15 is 4.39 Å². The summed E-state index contributed by atoms with van der Waals surface area (Å²) in [4.78, 5) is 15.7. The van der Waals surface area contributed by atoms with Crippen molar-refractivity contribution in [2.45, 2.75) is 70.7 Å². The molecular formula is C33H35F2NO6. The van der Waals surface area contributed by atoms with E-state index in [0.29, 0.717) is 43.1 Å². The van der Waals surface area contributed by atoms with Crippen LogP contribution in [-0.2, 0) is 17.8 Å². The molecule has 2 saturated carbocycles. The second kappa shape index (κ2) is 10.0. The predicted molar refractivity (Wildman–Crippen MR) is 150 cm³/mol. The number of nitrogens with zero attached hydrogens (tertiary/aromatic N) is 1. The Morgan fingerprint density at radius 3 is 2.31 bits per heavy atom. The summed E-state index contributed by atoms with van der Waals surface area (Å²) in [6.07, 6.45) is 3.16. The molecule has 7 nitrogen and oxygen atoms in total. The molecule has 0 bridgehead atoms. The number of aliphatic hydroxyl groups is 2. The standard InChI is InChI=1S/C33H35F2NO6/c1-16-5-21(41-14-18-11-32(3,39)33(4,40)12-18)6-17(2)28(16)22-8-20(25(34)10-26(22)35)15-42-27-9-19-7-23-29(24(19)13-36-27)30(23)31(37)38/h5-6,8-10,13,18,23,29-30,39-40H,7,11-12,14-15H2,1-4H3,(H,37,38)/t18-,23-,29-,30+,32+,33-/m1/s1. The van der Waals surface area contributed by atoms with Gasteiger partial charge in [-0.2, -0.15) is 0 Å². The average molecular weight is 580 g/mol. The van der Waals surface area contributed by atoms with Crippen LogP contribution in [0.4, 0.5) is 8.78 Å². The van der Waals surface area contributed by atoms with Gasteiger partial charge in [-0.15, -0.1) is 0 Å². The van der Waals surface area contributed by atoms with E-state index in [1.165, 1.54) is 6.07 Å². The number of rotatable bonds is 8. The molecule has 2 fully saturated rings. The van der Waals surface area contributed by atoms with Crippen LogP contribution in [0.1, 0.15) is 60.4 Å². The third kappa shape index (κ3) is 4.92. The number of pyridine rings is 1. The molecule has 0 aliphatic heterocycles. The van der Waals surface area contributed by atoms with Crippen molar-refractivity contribution in [1.29, 1.82) is 0 Å². The molecule has 1 heterocycles. The molecule has 0 spiro atoms. The minimum Gasteiger partial charge on any atom is -0.493 e. The van der Waals surface area contributed by atoms with Gasteiger partial charge in [-0.1, -0.05) is 0 Å². The number of aliphatic carboxylic acids is 1. The number of fused-ring (bicyclic) bond motifs is 3. The van der Waals surface area contributed by atoms with E-state index in [0.717, 1.165) is 28.3 Å². The van der Waals surface area contributed by atoms with Gasteiger partial charge < -0.3 is 24.8 Å². The van der Waals surface area contributed by atoms with Gasteiger partial charge in [0.25, 0.3) is 0 Å². The van der Waals surface area contributed by atoms with Crippen LogP contribution >= 0.6 is 0 Å². The van der Waals surface area contributed by atoms with Crippen molar-refractivity contribution in [3.8, 4) is 22.8 Å². The van der Waals surface area contributed by atoms with E-state index in [4.69, 9.17) is 9.47 Å². The highest BCUT2D eigenvalue weighted by atomic mass is 19.1. The Bertz CT molecular complexity index is 1550. The number of carbonyl (C=O) groups is 1. The van der Waals surface area contributed by atoms with Crippen LogP contribution in [0.2, 0.25) is 0 Å². The quantitative estimate of drug-likeness (QED) is 0.324. The molecule has 3 aromatic rings. The van der Waals surface area contributed by atoms with Crippen LogP contribution in [0.15, 0.2) is 36.5 Å². The Morgan fingerprint density at radius 2 is 1.67 bits per heavy atom. The number of ether oxygens (including phenoxy) is 2. The first kappa shape index (κ1) is 28.6. The highest BCUT2D eigenvalue weighted by molar-refractivity contribution is 5.78. The zero-order valence-electron chi connectivity index (χ0n) is 24.1. The monoisotopic (exact) mass is 579 g/mol. The topological polar surface area (TPSA) is 109 Å². The number of hydrogen-bond donors (Lipinski definition) is 3. The van der Waals surface area contributed by atoms with E-state index in [2.05, 4.69) is 4.98 Å². The molecule has 0 unspecified atom stereocenters. The Hall–Kier alpha value is -3.56. The fourth-order valence-corrected chi connectivity index (χ4v) is 7.13. The molecule has 0 radical (unpaired) electrons. The first-order chi connectivity index (χ1) is 19.8. The lowest BCUT2D eigenvalue weighted by Gasteiger charge is -2.31. The highest BCUT2D eigenvalue weighted by Gasteiger charge is 2.60. The molecule has 9 heteroatoms. The summed E-state index contributed by atoms with van der Waals surface area (Å²) in [5.41, 5.74) is 2.17. The number of halogens is 2. The Balaban J connectivity index is 1.16. The van der Waals surface area contributed by atoms with Crippen molar-refractivity contribution >= 4 is 5.97 Å². The number of aromatic nitrogens is 1. The maximum Gasteiger partial charge on any atom is 0.307 e. The lowest BCUT2D eigenvalue weighted by Crippen LogP contribution is -2.44. The van der Waals surface area contributed by atoms with Gasteiger partial charge in [-0.3, -0.25) is 4.79 Å². The Labute approximate surface area is 243 Å². The van der Waals surface area contributed by atoms with Gasteiger partial charge in [0.05, 0.1) is 23.7 Å². The summed E-state index contributed by atoms with van der Waals surface area (Å²) in [6, 6.07) is 7.72. The molecule has 222 valence electrons. The number of aryl methyl sites for hydroxylation is 2. The van der Waals surface area contributed by atoms with Crippen molar-refractivity contribution in [1.82, 2.24) is 4.98 Å². The lowest BCUT2D eigenvalue weighted by atomic mass is 9.90. The van der Waals surface area contributed by atoms with Crippen LogP contribution in [0, 0.1) is 43.2 Å². The van der Waals surface area contributed by atoms with E-state index in [9.17, 15) is 24.5 Å². The molecule has 3 N–H and O–H groups in total. The number of carboxylic acid groups (broad SMARTS) is 1. The van der Waals surface area contributed by atoms with Gasteiger partial charge in [-0.25, -0.2) is 13.8 Å². The van der Waals surface area contributed by atoms with Crippen LogP contribution < -0.4 is 9.47 Å². The van der Waals surface area contributed by atoms with Crippen molar-refractivity contribution in [2.75, 3.05) is 6.61 Å². The smallest absolute Gasteiger partial charge is 0.307 e. The first-order valence-corrected chi connectivity index (χ1v) is 14.3. The van der Waals surface area contributed by atoms with Crippen molar-refractivity contribution in [2.24, 2.45) is 17.8 Å². The third-order valence-corrected chi connectivity index (χ3v) is 9.57. The minimum absolute atomic E-state index is 0.00910. The summed E-state index contributed by atoms with van der Waals surface area (Å²) in [5.74, 6) is -1.52. The van der Waals surface area contributed by atoms with Crippen LogP contribution in [0.5, 0.6) is 11.6 Å². The largest absolute Gasteiger partial charge is 0.493 e. The third-order valence-electron chi connectivity index (χ3n) is 9.57. The maximum atomic E-state index is 15.1. The fourth-order valence-electron chi connectivity index (χ4n) is 7.13. The molecular weight excluding hydrogens is 544 g/mol. The van der Waals surface area contributed by atoms with Crippen LogP contribution in [0.25, 0.3) is 11.1 Å². The molecule has 42 heavy (non-hydrogen) atoms. The lowest BCUT2D eigenvalue weighted by molar-refractivity contribution is -0.139. The molecule has 3 aliphatic carbocycles. The number of hydrogen-bond acceptors (Lipinski definition) is 6. The second-order valence-electron chi connectivity index (χ2n) is 12.8. The summed E-state index contributed by atoms with van der Waals surface area (Å²) >= 11 is 0. The Kier molecular flexibility index (Phi) is 6.81. The minimum atomic E-state index is -1.18. The van der Waals surface area contributed by atoms with E-state index in [1.54, 1.807) is 38.2 Å². The van der Waals surface area contributed by atoms with Crippen molar-refractivity contribution in [3.63, 3.8) is 0 Å². The van der Waals surface area contributed by atoms with E-state index < -0.39 is 28.8 Å². The average Bonchev–Trinajstić information content (AvgIpc) is 3.41. The van der Waals surface area contributed by atoms with Crippen LogP contribution in [-0.4, -0.2) is 44.1 Å². The van der Waals surface area contributed by atoms with Gasteiger partial charge in [-0.05, 0) is 105 Å². The number of benzene rings is 2. The predicted octanol–water partition coefficient (Wildman–Crippen LogP) is 5.48.